The average molecular weight is 340 g/mol. The van der Waals surface area contributed by atoms with Gasteiger partial charge in [-0.05, 0) is 29.3 Å². The number of nitrogen functional groups attached to an aromatic ring is 1. The first kappa shape index (κ1) is 17.9. The van der Waals surface area contributed by atoms with E-state index in [2.05, 4.69) is 6.58 Å². The van der Waals surface area contributed by atoms with Gasteiger partial charge in [0.1, 0.15) is 7.85 Å². The smallest absolute Gasteiger partial charge is 0.336 e. The number of halogens is 1. The van der Waals surface area contributed by atoms with E-state index in [0.717, 1.165) is 5.56 Å². The molecule has 2 aromatic carbocycles. The molecule has 0 atom stereocenters. The number of allylic oxidation sites excluding steroid dienone is 2. The molecular formula is C18H15BClNO3. The van der Waals surface area contributed by atoms with Crippen molar-refractivity contribution in [2.45, 2.75) is 6.61 Å². The van der Waals surface area contributed by atoms with Crippen LogP contribution in [0.2, 0.25) is 5.02 Å². The van der Waals surface area contributed by atoms with Crippen LogP contribution in [0.15, 0.2) is 49.1 Å². The third-order valence-electron chi connectivity index (χ3n) is 3.52. The van der Waals surface area contributed by atoms with Gasteiger partial charge >= 0.3 is 5.97 Å². The normalized spacial score (nSPS) is 11.3. The molecule has 2 rings (SSSR count). The highest BCUT2D eigenvalue weighted by Gasteiger charge is 2.17. The number of rotatable bonds is 5. The lowest BCUT2D eigenvalue weighted by atomic mass is 9.92. The first-order valence-corrected chi connectivity index (χ1v) is 7.40. The van der Waals surface area contributed by atoms with Crippen molar-refractivity contribution in [3.05, 3.63) is 70.8 Å². The number of hydrogen-bond donors (Lipinski definition) is 3. The van der Waals surface area contributed by atoms with Gasteiger partial charge in [-0.25, -0.2) is 4.79 Å². The molecule has 0 saturated carbocycles. The second kappa shape index (κ2) is 7.38. The summed E-state index contributed by atoms with van der Waals surface area (Å²) in [5, 5.41) is 19.2. The largest absolute Gasteiger partial charge is 0.478 e. The fourth-order valence-corrected chi connectivity index (χ4v) is 2.48. The standard InChI is InChI=1S/C18H15BClNO3/c1-10(11-2-4-13(19)5-3-11)6-16(18(23)24)15-8-14(20)7-12(9-22)17(15)21/h2-8,22H,1,9,21H2,(H,23,24)/b16-6+. The number of aliphatic carboxylic acids is 1. The highest BCUT2D eigenvalue weighted by molar-refractivity contribution is 6.32. The molecule has 0 aliphatic carbocycles. The van der Waals surface area contributed by atoms with E-state index in [4.69, 9.17) is 25.2 Å². The number of nitrogens with two attached hydrogens (primary N) is 1. The van der Waals surface area contributed by atoms with E-state index >= 15 is 0 Å². The molecule has 4 nitrogen and oxygen atoms in total. The first-order valence-electron chi connectivity index (χ1n) is 7.02. The number of benzene rings is 2. The monoisotopic (exact) mass is 339 g/mol. The van der Waals surface area contributed by atoms with Crippen molar-refractivity contribution < 1.29 is 15.0 Å². The zero-order chi connectivity index (χ0) is 17.9. The molecule has 0 bridgehead atoms. The van der Waals surface area contributed by atoms with Crippen LogP contribution in [0.25, 0.3) is 11.1 Å². The van der Waals surface area contributed by atoms with Gasteiger partial charge in [-0.1, -0.05) is 47.9 Å². The van der Waals surface area contributed by atoms with Crippen molar-refractivity contribution in [1.29, 1.82) is 0 Å². The van der Waals surface area contributed by atoms with Crippen molar-refractivity contribution in [1.82, 2.24) is 0 Å². The van der Waals surface area contributed by atoms with Gasteiger partial charge in [0.25, 0.3) is 0 Å². The second-order valence-corrected chi connectivity index (χ2v) is 5.63. The van der Waals surface area contributed by atoms with Crippen LogP contribution in [0.1, 0.15) is 16.7 Å². The summed E-state index contributed by atoms with van der Waals surface area (Å²) in [7, 11) is 5.64. The SMILES string of the molecule is [B]c1ccc(C(=C)/C=C(/C(=O)O)c2cc(Cl)cc(CO)c2N)cc1. The van der Waals surface area contributed by atoms with Gasteiger partial charge in [0.2, 0.25) is 0 Å². The van der Waals surface area contributed by atoms with E-state index in [1.54, 1.807) is 24.3 Å². The molecule has 0 aliphatic rings. The Labute approximate surface area is 146 Å². The number of aliphatic hydroxyl groups excluding tert-OH is 1. The Morgan fingerprint density at radius 2 is 1.92 bits per heavy atom. The third kappa shape index (κ3) is 3.88. The Morgan fingerprint density at radius 3 is 2.46 bits per heavy atom. The molecule has 0 fully saturated rings. The minimum Gasteiger partial charge on any atom is -0.478 e. The van der Waals surface area contributed by atoms with Crippen LogP contribution in [-0.4, -0.2) is 24.0 Å². The maximum absolute atomic E-state index is 11.7. The summed E-state index contributed by atoms with van der Waals surface area (Å²) in [6, 6.07) is 9.84. The van der Waals surface area contributed by atoms with Crippen LogP contribution in [-0.2, 0) is 11.4 Å². The van der Waals surface area contributed by atoms with Crippen LogP contribution in [0, 0.1) is 0 Å². The van der Waals surface area contributed by atoms with Crippen molar-refractivity contribution in [2.75, 3.05) is 5.73 Å². The van der Waals surface area contributed by atoms with Crippen LogP contribution < -0.4 is 11.2 Å². The van der Waals surface area contributed by atoms with Crippen molar-refractivity contribution in [3.8, 4) is 0 Å². The topological polar surface area (TPSA) is 83.5 Å². The highest BCUT2D eigenvalue weighted by Crippen LogP contribution is 2.31. The van der Waals surface area contributed by atoms with E-state index < -0.39 is 5.97 Å². The zero-order valence-corrected chi connectivity index (χ0v) is 13.5. The quantitative estimate of drug-likeness (QED) is 0.338. The molecule has 0 unspecified atom stereocenters. The first-order chi connectivity index (χ1) is 11.3. The Balaban J connectivity index is 2.54. The molecule has 4 N–H and O–H groups in total. The van der Waals surface area contributed by atoms with E-state index in [9.17, 15) is 15.0 Å². The van der Waals surface area contributed by atoms with Crippen molar-refractivity contribution in [2.24, 2.45) is 0 Å². The molecule has 0 spiro atoms. The fourth-order valence-electron chi connectivity index (χ4n) is 2.24. The summed E-state index contributed by atoms with van der Waals surface area (Å²) >= 11 is 6.00. The van der Waals surface area contributed by atoms with Crippen molar-refractivity contribution >= 4 is 47.7 Å². The zero-order valence-electron chi connectivity index (χ0n) is 12.8. The lowest BCUT2D eigenvalue weighted by molar-refractivity contribution is -0.130. The average Bonchev–Trinajstić information content (AvgIpc) is 2.54. The van der Waals surface area contributed by atoms with Crippen LogP contribution in [0.4, 0.5) is 5.69 Å². The Kier molecular flexibility index (Phi) is 5.49. The molecule has 120 valence electrons. The van der Waals surface area contributed by atoms with Gasteiger partial charge in [0.05, 0.1) is 12.2 Å². The Hall–Kier alpha value is -2.50. The minimum absolute atomic E-state index is 0.0634. The van der Waals surface area contributed by atoms with Gasteiger partial charge in [-0.2, -0.15) is 0 Å². The number of carbonyl (C=O) groups is 1. The van der Waals surface area contributed by atoms with Gasteiger partial charge in [-0.3, -0.25) is 0 Å². The van der Waals surface area contributed by atoms with Crippen LogP contribution in [0.3, 0.4) is 0 Å². The number of carboxylic acid groups (broad SMARTS) is 1. The Bertz CT molecular complexity index is 829. The molecule has 2 aromatic rings. The van der Waals surface area contributed by atoms with E-state index in [-0.39, 0.29) is 28.5 Å². The molecule has 0 aromatic heterocycles. The molecule has 0 amide bonds. The Morgan fingerprint density at radius 1 is 1.29 bits per heavy atom. The minimum atomic E-state index is -1.18. The van der Waals surface area contributed by atoms with Crippen molar-refractivity contribution in [3.63, 3.8) is 0 Å². The second-order valence-electron chi connectivity index (χ2n) is 5.19. The molecule has 24 heavy (non-hydrogen) atoms. The van der Waals surface area contributed by atoms with Crippen LogP contribution >= 0.6 is 11.6 Å². The van der Waals surface area contributed by atoms with Gasteiger partial charge in [0, 0.05) is 21.8 Å². The molecule has 6 heteroatoms. The predicted molar refractivity (Wildman–Crippen MR) is 98.3 cm³/mol. The van der Waals surface area contributed by atoms with E-state index in [1.807, 2.05) is 0 Å². The lowest BCUT2D eigenvalue weighted by Crippen LogP contribution is -2.06. The van der Waals surface area contributed by atoms with Gasteiger partial charge < -0.3 is 15.9 Å². The molecule has 0 aliphatic heterocycles. The summed E-state index contributed by atoms with van der Waals surface area (Å²) in [6.07, 6.45) is 1.41. The summed E-state index contributed by atoms with van der Waals surface area (Å²) < 4.78 is 0. The fraction of sp³-hybridized carbons (Fsp3) is 0.0556. The molecule has 0 saturated heterocycles. The van der Waals surface area contributed by atoms with Gasteiger partial charge in [0.15, 0.2) is 0 Å². The highest BCUT2D eigenvalue weighted by atomic mass is 35.5. The molecular weight excluding hydrogens is 324 g/mol. The number of aliphatic hydroxyl groups is 1. The van der Waals surface area contributed by atoms with E-state index in [0.29, 0.717) is 16.6 Å². The maximum atomic E-state index is 11.7. The summed E-state index contributed by atoms with van der Waals surface area (Å²) in [5.74, 6) is -1.18. The van der Waals surface area contributed by atoms with Crippen LogP contribution in [0.5, 0.6) is 0 Å². The number of hydrogen-bond acceptors (Lipinski definition) is 3. The molecule has 2 radical (unpaired) electrons. The number of anilines is 1. The maximum Gasteiger partial charge on any atom is 0.336 e. The van der Waals surface area contributed by atoms with Gasteiger partial charge in [-0.15, -0.1) is 0 Å². The predicted octanol–water partition coefficient (Wildman–Crippen LogP) is 2.39. The lowest BCUT2D eigenvalue weighted by Gasteiger charge is -2.12. The van der Waals surface area contributed by atoms with E-state index in [1.165, 1.54) is 18.2 Å². The third-order valence-corrected chi connectivity index (χ3v) is 3.74. The number of carboxylic acids is 1. The molecule has 0 heterocycles. The summed E-state index contributed by atoms with van der Waals surface area (Å²) in [5.41, 5.74) is 8.48. The summed E-state index contributed by atoms with van der Waals surface area (Å²) in [6.45, 7) is 3.55. The summed E-state index contributed by atoms with van der Waals surface area (Å²) in [4.78, 5) is 11.7.